The molecule has 0 aliphatic carbocycles. The molecule has 1 aliphatic rings. The molecule has 2 atom stereocenters. The van der Waals surface area contributed by atoms with Crippen molar-refractivity contribution in [2.24, 2.45) is 0 Å². The van der Waals surface area contributed by atoms with Crippen LogP contribution in [0.3, 0.4) is 0 Å². The Balaban J connectivity index is 1.52. The van der Waals surface area contributed by atoms with Gasteiger partial charge in [0.1, 0.15) is 17.8 Å². The fraction of sp³-hybridized carbons (Fsp3) is 0.276. The molecule has 0 saturated carbocycles. The van der Waals surface area contributed by atoms with Gasteiger partial charge in [-0.05, 0) is 54.3 Å². The number of ether oxygens (including phenoxy) is 1. The van der Waals surface area contributed by atoms with Gasteiger partial charge in [-0.2, -0.15) is 4.98 Å². The van der Waals surface area contributed by atoms with Gasteiger partial charge in [0.25, 0.3) is 0 Å². The van der Waals surface area contributed by atoms with Crippen LogP contribution in [-0.2, 0) is 22.6 Å². The summed E-state index contributed by atoms with van der Waals surface area (Å²) in [5, 5.41) is 17.8. The number of carbonyl (C=O) groups is 3. The number of methoxy groups -OCH3 is 1. The smallest absolute Gasteiger partial charge is 0.407 e. The molecule has 11 heteroatoms. The van der Waals surface area contributed by atoms with Gasteiger partial charge in [-0.3, -0.25) is 14.5 Å². The lowest BCUT2D eigenvalue weighted by Crippen LogP contribution is -2.53. The average Bonchev–Trinajstić information content (AvgIpc) is 3.48. The zero-order chi connectivity index (χ0) is 28.4. The van der Waals surface area contributed by atoms with Crippen molar-refractivity contribution in [3.8, 4) is 17.1 Å². The molecule has 0 saturated heterocycles. The number of amides is 3. The number of hydrogen-bond acceptors (Lipinski definition) is 7. The van der Waals surface area contributed by atoms with Crippen molar-refractivity contribution < 1.29 is 28.8 Å². The molecular weight excluding hydrogens is 514 g/mol. The van der Waals surface area contributed by atoms with Crippen LogP contribution >= 0.6 is 0 Å². The molecule has 11 nitrogen and oxygen atoms in total. The maximum Gasteiger partial charge on any atom is 0.407 e. The van der Waals surface area contributed by atoms with Gasteiger partial charge < -0.3 is 24.6 Å². The first kappa shape index (κ1) is 26.7. The molecule has 3 aromatic carbocycles. The quantitative estimate of drug-likeness (QED) is 0.358. The van der Waals surface area contributed by atoms with Gasteiger partial charge in [0.15, 0.2) is 0 Å². The third-order valence-electron chi connectivity index (χ3n) is 7.37. The van der Waals surface area contributed by atoms with E-state index in [1.54, 1.807) is 12.0 Å². The molecule has 0 bridgehead atoms. The average molecular weight is 544 g/mol. The van der Waals surface area contributed by atoms with Crippen LogP contribution in [0.4, 0.5) is 10.5 Å². The summed E-state index contributed by atoms with van der Waals surface area (Å²) >= 11 is 0. The predicted octanol–water partition coefficient (Wildman–Crippen LogP) is 3.86. The summed E-state index contributed by atoms with van der Waals surface area (Å²) in [7, 11) is 2.90. The molecular formula is C29H29N5O6. The minimum Gasteiger partial charge on any atom is -0.496 e. The summed E-state index contributed by atoms with van der Waals surface area (Å²) in [5.41, 5.74) is 3.31. The van der Waals surface area contributed by atoms with E-state index in [1.807, 2.05) is 54.6 Å². The summed E-state index contributed by atoms with van der Waals surface area (Å²) in [6, 6.07) is 15.4. The monoisotopic (exact) mass is 543 g/mol. The first-order valence-electron chi connectivity index (χ1n) is 12.8. The number of likely N-dealkylation sites (N-methyl/N-ethyl adjacent to an activating group) is 1. The van der Waals surface area contributed by atoms with Crippen LogP contribution in [0.25, 0.3) is 22.2 Å². The topological polar surface area (TPSA) is 138 Å². The zero-order valence-corrected chi connectivity index (χ0v) is 22.3. The van der Waals surface area contributed by atoms with Crippen molar-refractivity contribution in [2.75, 3.05) is 19.1 Å². The largest absolute Gasteiger partial charge is 0.496 e. The molecule has 40 heavy (non-hydrogen) atoms. The number of nitrogens with one attached hydrogen (secondary N) is 1. The Bertz CT molecular complexity index is 1570. The summed E-state index contributed by atoms with van der Waals surface area (Å²) in [6.45, 7) is 1.68. The van der Waals surface area contributed by atoms with Crippen molar-refractivity contribution in [3.63, 3.8) is 0 Å². The van der Waals surface area contributed by atoms with Gasteiger partial charge in [0.2, 0.25) is 24.0 Å². The number of aryl methyl sites for hydroxylation is 1. The number of hydrogen-bond donors (Lipinski definition) is 2. The molecule has 0 spiro atoms. The van der Waals surface area contributed by atoms with E-state index in [0.29, 0.717) is 24.4 Å². The lowest BCUT2D eigenvalue weighted by Gasteiger charge is -2.29. The molecule has 0 unspecified atom stereocenters. The van der Waals surface area contributed by atoms with Gasteiger partial charge in [0.05, 0.1) is 13.7 Å². The number of nitrogens with zero attached hydrogens (tertiary/aromatic N) is 4. The second kappa shape index (κ2) is 11.0. The molecule has 0 radical (unpaired) electrons. The number of benzene rings is 3. The maximum absolute atomic E-state index is 14.0. The van der Waals surface area contributed by atoms with Gasteiger partial charge >= 0.3 is 6.09 Å². The third kappa shape index (κ3) is 5.05. The van der Waals surface area contributed by atoms with Gasteiger partial charge in [0, 0.05) is 23.9 Å². The molecule has 0 fully saturated rings. The van der Waals surface area contributed by atoms with E-state index in [1.165, 1.54) is 20.4 Å². The van der Waals surface area contributed by atoms with Crippen LogP contribution in [-0.4, -0.2) is 64.3 Å². The Morgan fingerprint density at radius 1 is 1.23 bits per heavy atom. The summed E-state index contributed by atoms with van der Waals surface area (Å²) < 4.78 is 10.6. The number of carboxylic acid groups (broad SMARTS) is 1. The summed E-state index contributed by atoms with van der Waals surface area (Å²) in [4.78, 5) is 45.0. The normalized spacial score (nSPS) is 15.7. The lowest BCUT2D eigenvalue weighted by molar-refractivity contribution is -0.130. The first-order chi connectivity index (χ1) is 19.3. The highest BCUT2D eigenvalue weighted by Crippen LogP contribution is 2.35. The summed E-state index contributed by atoms with van der Waals surface area (Å²) in [5.74, 6) is 0.265. The fourth-order valence-corrected chi connectivity index (χ4v) is 4.97. The Hall–Kier alpha value is -4.93. The van der Waals surface area contributed by atoms with Crippen LogP contribution in [0.15, 0.2) is 65.5 Å². The van der Waals surface area contributed by atoms with Crippen molar-refractivity contribution in [1.29, 1.82) is 0 Å². The van der Waals surface area contributed by atoms with Crippen LogP contribution in [0.2, 0.25) is 0 Å². The second-order valence-corrected chi connectivity index (χ2v) is 9.66. The maximum atomic E-state index is 14.0. The lowest BCUT2D eigenvalue weighted by atomic mass is 10.00. The fourth-order valence-electron chi connectivity index (χ4n) is 4.97. The molecule has 5 rings (SSSR count). The Morgan fingerprint density at radius 2 is 2.02 bits per heavy atom. The van der Waals surface area contributed by atoms with Crippen molar-refractivity contribution in [3.05, 3.63) is 72.1 Å². The van der Waals surface area contributed by atoms with E-state index in [4.69, 9.17) is 9.26 Å². The van der Waals surface area contributed by atoms with Gasteiger partial charge in [-0.25, -0.2) is 4.79 Å². The van der Waals surface area contributed by atoms with E-state index in [0.717, 1.165) is 38.1 Å². The second-order valence-electron chi connectivity index (χ2n) is 9.66. The van der Waals surface area contributed by atoms with Crippen molar-refractivity contribution in [1.82, 2.24) is 20.4 Å². The highest BCUT2D eigenvalue weighted by molar-refractivity contribution is 6.02. The number of anilines is 1. The van der Waals surface area contributed by atoms with Crippen LogP contribution < -0.4 is 15.0 Å². The van der Waals surface area contributed by atoms with Crippen molar-refractivity contribution >= 4 is 34.4 Å². The number of para-hydroxylation sites is 1. The molecule has 4 aromatic rings. The molecule has 1 aliphatic heterocycles. The Kier molecular flexibility index (Phi) is 7.37. The van der Waals surface area contributed by atoms with E-state index in [-0.39, 0.29) is 12.5 Å². The predicted molar refractivity (Wildman–Crippen MR) is 147 cm³/mol. The standard InChI is InChI=1S/C29H29N5O6/c1-17(33(2)29(37)38)27(35)31-23-12-9-18-6-4-5-7-24(18)34(28(23)36)15-22-21-11-8-20(26-30-16-40-32-26)14-19(21)10-13-25(22)39-3/h4-8,10-11,13-14,16-17,23H,9,12,15H2,1-3H3,(H,31,35)(H,37,38)/t17-,23-/m0/s1. The minimum absolute atomic E-state index is 0.189. The Labute approximate surface area is 230 Å². The molecule has 3 amide bonds. The highest BCUT2D eigenvalue weighted by Gasteiger charge is 2.34. The van der Waals surface area contributed by atoms with Crippen LogP contribution in [0.5, 0.6) is 5.75 Å². The van der Waals surface area contributed by atoms with E-state index in [9.17, 15) is 19.5 Å². The van der Waals surface area contributed by atoms with E-state index in [2.05, 4.69) is 15.5 Å². The minimum atomic E-state index is -1.23. The van der Waals surface area contributed by atoms with Gasteiger partial charge in [-0.1, -0.05) is 41.6 Å². The van der Waals surface area contributed by atoms with Gasteiger partial charge in [-0.15, -0.1) is 0 Å². The third-order valence-corrected chi connectivity index (χ3v) is 7.37. The van der Waals surface area contributed by atoms with Crippen LogP contribution in [0, 0.1) is 0 Å². The van der Waals surface area contributed by atoms with Crippen LogP contribution in [0.1, 0.15) is 24.5 Å². The first-order valence-corrected chi connectivity index (χ1v) is 12.8. The molecule has 2 heterocycles. The number of fused-ring (bicyclic) bond motifs is 2. The van der Waals surface area contributed by atoms with Crippen molar-refractivity contribution in [2.45, 2.75) is 38.4 Å². The molecule has 206 valence electrons. The number of carbonyl (C=O) groups excluding carboxylic acids is 2. The zero-order valence-electron chi connectivity index (χ0n) is 22.3. The van der Waals surface area contributed by atoms with E-state index < -0.39 is 24.1 Å². The highest BCUT2D eigenvalue weighted by atomic mass is 16.5. The summed E-state index contributed by atoms with van der Waals surface area (Å²) in [6.07, 6.45) is 0.987. The van der Waals surface area contributed by atoms with E-state index >= 15 is 0 Å². The molecule has 1 aromatic heterocycles. The Morgan fingerprint density at radius 3 is 2.75 bits per heavy atom. The molecule has 2 N–H and O–H groups in total. The SMILES string of the molecule is COc1ccc2cc(-c3ncon3)ccc2c1CN1C(=O)[C@@H](NC(=O)[C@H](C)N(C)C(=O)O)CCc2ccccc21. The number of rotatable bonds is 7. The number of aromatic nitrogens is 2.